The molecule has 5 heteroatoms. The molecule has 0 amide bonds. The van der Waals surface area contributed by atoms with E-state index in [1.54, 1.807) is 0 Å². The smallest absolute Gasteiger partial charge is 0.389 e. The summed E-state index contributed by atoms with van der Waals surface area (Å²) in [7, 11) is 0. The molecule has 0 saturated carbocycles. The Morgan fingerprint density at radius 2 is 1.57 bits per heavy atom. The number of hydrogen-bond donors (Lipinski definition) is 0. The second-order valence-corrected chi connectivity index (χ2v) is 10.2. The Labute approximate surface area is 103 Å². The Hall–Kier alpha value is 1.05. The van der Waals surface area contributed by atoms with E-state index in [4.69, 9.17) is 38.2 Å². The lowest BCUT2D eigenvalue weighted by molar-refractivity contribution is 0.311. The average molecular weight is 278 g/mol. The van der Waals surface area contributed by atoms with Crippen LogP contribution in [-0.4, -0.2) is 19.4 Å². The molecule has 14 heavy (non-hydrogen) atoms. The number of unbranched alkanes of at least 4 members (excludes halogenated alkanes) is 4. The Morgan fingerprint density at radius 3 is 2.14 bits per heavy atom. The highest BCUT2D eigenvalue weighted by atomic mass is 35.7. The summed E-state index contributed by atoms with van der Waals surface area (Å²) in [6.45, 7) is 0.338. The van der Waals surface area contributed by atoms with Crippen LogP contribution in [0, 0.1) is 0 Å². The Balaban J connectivity index is 3.13. The van der Waals surface area contributed by atoms with Gasteiger partial charge < -0.3 is 4.43 Å². The molecular formula is C9H19Cl3OSi. The fourth-order valence-electron chi connectivity index (χ4n) is 1.05. The number of halogens is 3. The van der Waals surface area contributed by atoms with Crippen molar-refractivity contribution >= 4 is 40.7 Å². The highest BCUT2D eigenvalue weighted by molar-refractivity contribution is 7.42. The van der Waals surface area contributed by atoms with Gasteiger partial charge in [-0.2, -0.15) is 0 Å². The minimum absolute atomic E-state index is 0.702. The molecule has 0 spiro atoms. The van der Waals surface area contributed by atoms with E-state index in [2.05, 4.69) is 0 Å². The summed E-state index contributed by atoms with van der Waals surface area (Å²) in [5, 5.41) is 0. The molecule has 0 aliphatic heterocycles. The lowest BCUT2D eigenvalue weighted by Gasteiger charge is -2.14. The van der Waals surface area contributed by atoms with Gasteiger partial charge in [-0.3, -0.25) is 0 Å². The first-order valence-corrected chi connectivity index (χ1v) is 9.87. The van der Waals surface area contributed by atoms with Crippen molar-refractivity contribution in [2.24, 2.45) is 0 Å². The van der Waals surface area contributed by atoms with Gasteiger partial charge in [-0.1, -0.05) is 26.2 Å². The van der Waals surface area contributed by atoms with Crippen molar-refractivity contribution in [3.8, 4) is 0 Å². The first kappa shape index (κ1) is 15.0. The van der Waals surface area contributed by atoms with Gasteiger partial charge in [0.05, 0.1) is 0 Å². The molecule has 0 aromatic rings. The molecule has 0 unspecified atom stereocenters. The second-order valence-electron chi connectivity index (χ2n) is 3.30. The summed E-state index contributed by atoms with van der Waals surface area (Å²) < 4.78 is 5.43. The largest absolute Gasteiger partial charge is 0.392 e. The molecule has 0 N–H and O–H groups in total. The zero-order valence-corrected chi connectivity index (χ0v) is 12.0. The van der Waals surface area contributed by atoms with E-state index in [0.717, 1.165) is 24.8 Å². The van der Waals surface area contributed by atoms with Crippen molar-refractivity contribution in [3.63, 3.8) is 0 Å². The lowest BCUT2D eigenvalue weighted by Crippen LogP contribution is -2.23. The third-order valence-corrected chi connectivity index (χ3v) is 5.98. The van der Waals surface area contributed by atoms with Crippen molar-refractivity contribution < 1.29 is 4.43 Å². The molecule has 0 aliphatic carbocycles. The Morgan fingerprint density at radius 1 is 1.00 bits per heavy atom. The van der Waals surface area contributed by atoms with Gasteiger partial charge in [0.2, 0.25) is 0 Å². The van der Waals surface area contributed by atoms with Gasteiger partial charge in [0, 0.05) is 12.5 Å². The molecule has 0 bridgehead atoms. The van der Waals surface area contributed by atoms with Crippen LogP contribution >= 0.6 is 33.8 Å². The maximum atomic E-state index is 5.95. The monoisotopic (exact) mass is 276 g/mol. The van der Waals surface area contributed by atoms with E-state index in [0.29, 0.717) is 6.61 Å². The van der Waals surface area contributed by atoms with Crippen LogP contribution in [0.15, 0.2) is 0 Å². The molecule has 0 heterocycles. The normalized spacial score (nSPS) is 12.0. The minimum atomic E-state index is -2.33. The van der Waals surface area contributed by atoms with Crippen LogP contribution in [0.25, 0.3) is 0 Å². The zero-order valence-electron chi connectivity index (χ0n) is 8.70. The topological polar surface area (TPSA) is 9.23 Å². The van der Waals surface area contributed by atoms with Crippen LogP contribution in [0.3, 0.4) is 0 Å². The fraction of sp³-hybridized carbons (Fsp3) is 1.00. The SMILES string of the molecule is CC[Si](Cl)(Cl)OCCCCCCCCl. The molecule has 0 rings (SSSR count). The highest BCUT2D eigenvalue weighted by Gasteiger charge is 2.27. The standard InChI is InChI=1S/C9H19Cl3OSi/c1-2-14(11,12)13-9-7-5-3-4-6-8-10/h2-9H2,1H3. The Bertz CT molecular complexity index is 133. The Kier molecular flexibility index (Phi) is 9.98. The van der Waals surface area contributed by atoms with Gasteiger partial charge in [0.15, 0.2) is 0 Å². The van der Waals surface area contributed by atoms with Crippen LogP contribution < -0.4 is 0 Å². The van der Waals surface area contributed by atoms with Crippen LogP contribution in [0.4, 0.5) is 0 Å². The molecule has 1 nitrogen and oxygen atoms in total. The van der Waals surface area contributed by atoms with Crippen molar-refractivity contribution in [1.82, 2.24) is 0 Å². The quantitative estimate of drug-likeness (QED) is 0.258. The summed E-state index contributed by atoms with van der Waals surface area (Å²) in [6.07, 6.45) is 5.78. The van der Waals surface area contributed by atoms with Gasteiger partial charge >= 0.3 is 6.94 Å². The summed E-state index contributed by atoms with van der Waals surface area (Å²) in [5.41, 5.74) is 0. The van der Waals surface area contributed by atoms with Crippen LogP contribution in [0.2, 0.25) is 6.04 Å². The van der Waals surface area contributed by atoms with E-state index in [1.807, 2.05) is 6.92 Å². The highest BCUT2D eigenvalue weighted by Crippen LogP contribution is 2.21. The third-order valence-electron chi connectivity index (χ3n) is 2.00. The molecule has 0 aromatic carbocycles. The first-order valence-electron chi connectivity index (χ1n) is 5.20. The predicted octanol–water partition coefficient (Wildman–Crippen LogP) is 4.63. The molecule has 0 saturated heterocycles. The van der Waals surface area contributed by atoms with E-state index >= 15 is 0 Å². The van der Waals surface area contributed by atoms with E-state index in [1.165, 1.54) is 19.3 Å². The number of alkyl halides is 1. The number of hydrogen-bond acceptors (Lipinski definition) is 1. The van der Waals surface area contributed by atoms with Gasteiger partial charge in [-0.15, -0.1) is 33.8 Å². The first-order chi connectivity index (χ1) is 6.62. The second kappa shape index (κ2) is 9.29. The maximum absolute atomic E-state index is 5.95. The zero-order chi connectivity index (χ0) is 10.9. The third kappa shape index (κ3) is 9.60. The molecule has 86 valence electrons. The van der Waals surface area contributed by atoms with Gasteiger partial charge in [-0.25, -0.2) is 0 Å². The number of rotatable bonds is 9. The predicted molar refractivity (Wildman–Crippen MR) is 67.7 cm³/mol. The minimum Gasteiger partial charge on any atom is -0.392 e. The van der Waals surface area contributed by atoms with E-state index in [-0.39, 0.29) is 0 Å². The van der Waals surface area contributed by atoms with Crippen molar-refractivity contribution in [1.29, 1.82) is 0 Å². The van der Waals surface area contributed by atoms with Gasteiger partial charge in [0.25, 0.3) is 0 Å². The summed E-state index contributed by atoms with van der Waals surface area (Å²) in [5.74, 6) is 0.770. The summed E-state index contributed by atoms with van der Waals surface area (Å²) in [6, 6.07) is 0.752. The van der Waals surface area contributed by atoms with Gasteiger partial charge in [0.1, 0.15) is 0 Å². The summed E-state index contributed by atoms with van der Waals surface area (Å²) >= 11 is 17.5. The molecular weight excluding hydrogens is 259 g/mol. The lowest BCUT2D eigenvalue weighted by atomic mass is 10.2. The van der Waals surface area contributed by atoms with Crippen LogP contribution in [0.5, 0.6) is 0 Å². The van der Waals surface area contributed by atoms with Gasteiger partial charge in [-0.05, 0) is 18.9 Å². The van der Waals surface area contributed by atoms with Crippen molar-refractivity contribution in [2.75, 3.05) is 12.5 Å². The van der Waals surface area contributed by atoms with Crippen LogP contribution in [-0.2, 0) is 4.43 Å². The van der Waals surface area contributed by atoms with Crippen LogP contribution in [0.1, 0.15) is 39.0 Å². The van der Waals surface area contributed by atoms with Crippen molar-refractivity contribution in [2.45, 2.75) is 45.1 Å². The molecule has 0 aromatic heterocycles. The summed E-state index contributed by atoms with van der Waals surface area (Å²) in [4.78, 5) is 0. The fourth-order valence-corrected chi connectivity index (χ4v) is 2.35. The molecule has 0 fully saturated rings. The average Bonchev–Trinajstić information content (AvgIpc) is 2.16. The van der Waals surface area contributed by atoms with E-state index < -0.39 is 6.94 Å². The van der Waals surface area contributed by atoms with Crippen molar-refractivity contribution in [3.05, 3.63) is 0 Å². The maximum Gasteiger partial charge on any atom is 0.389 e. The molecule has 0 atom stereocenters. The molecule has 0 aliphatic rings. The molecule has 0 radical (unpaired) electrons. The van der Waals surface area contributed by atoms with E-state index in [9.17, 15) is 0 Å².